The van der Waals surface area contributed by atoms with Crippen molar-refractivity contribution >= 4 is 11.9 Å². The first-order valence-electron chi connectivity index (χ1n) is 8.71. The Morgan fingerprint density at radius 2 is 1.63 bits per heavy atom. The minimum absolute atomic E-state index is 0.0631. The van der Waals surface area contributed by atoms with Gasteiger partial charge in [-0.1, -0.05) is 48.0 Å². The number of aliphatic hydroxyl groups is 1. The number of carbonyl (C=O) groups is 2. The fourth-order valence-corrected chi connectivity index (χ4v) is 2.25. The Hall–Kier alpha value is -2.86. The van der Waals surface area contributed by atoms with Gasteiger partial charge in [-0.25, -0.2) is 0 Å². The Morgan fingerprint density at radius 3 is 2.07 bits per heavy atom. The van der Waals surface area contributed by atoms with Gasteiger partial charge in [0, 0.05) is 13.0 Å². The van der Waals surface area contributed by atoms with Crippen LogP contribution in [0.2, 0.25) is 0 Å². The second kappa shape index (κ2) is 12.5. The van der Waals surface area contributed by atoms with E-state index >= 15 is 0 Å². The fourth-order valence-electron chi connectivity index (χ4n) is 2.25. The smallest absolute Gasteiger partial charge is 0.307 e. The maximum atomic E-state index is 11.0. The topological polar surface area (TPSA) is 104 Å². The molecule has 146 valence electrons. The summed E-state index contributed by atoms with van der Waals surface area (Å²) in [7, 11) is 0. The molecule has 3 N–H and O–H groups in total. The summed E-state index contributed by atoms with van der Waals surface area (Å²) in [5.74, 6) is -2.54. The number of ether oxygens (including phenoxy) is 1. The molecule has 0 aliphatic rings. The molecule has 0 spiro atoms. The third kappa shape index (κ3) is 10.0. The molecule has 0 aliphatic carbocycles. The van der Waals surface area contributed by atoms with Gasteiger partial charge in [-0.05, 0) is 31.0 Å². The van der Waals surface area contributed by atoms with Gasteiger partial charge in [0.15, 0.2) is 0 Å². The summed E-state index contributed by atoms with van der Waals surface area (Å²) in [5, 5.41) is 26.3. The van der Waals surface area contributed by atoms with Crippen LogP contribution in [0.3, 0.4) is 0 Å². The molecular formula is C21H26O6. The SMILES string of the molecule is Cc1ccccc1.O=C(O)C[C@H](Cc1ccc(OCCCO)cc1)C(=O)O. The molecule has 6 nitrogen and oxygen atoms in total. The van der Waals surface area contributed by atoms with Crippen LogP contribution in [-0.4, -0.2) is 40.5 Å². The Kier molecular flexibility index (Phi) is 10.3. The van der Waals surface area contributed by atoms with E-state index in [0.29, 0.717) is 18.8 Å². The number of rotatable bonds is 9. The van der Waals surface area contributed by atoms with Crippen molar-refractivity contribution in [1.29, 1.82) is 0 Å². The first-order chi connectivity index (χ1) is 12.9. The van der Waals surface area contributed by atoms with Crippen LogP contribution in [0.15, 0.2) is 54.6 Å². The maximum absolute atomic E-state index is 11.0. The van der Waals surface area contributed by atoms with E-state index in [0.717, 1.165) is 5.56 Å². The Labute approximate surface area is 159 Å². The third-order valence-corrected chi connectivity index (χ3v) is 3.69. The number of aliphatic carboxylic acids is 2. The van der Waals surface area contributed by atoms with E-state index in [2.05, 4.69) is 19.1 Å². The zero-order valence-corrected chi connectivity index (χ0v) is 15.4. The summed E-state index contributed by atoms with van der Waals surface area (Å²) in [4.78, 5) is 21.6. The average molecular weight is 374 g/mol. The highest BCUT2D eigenvalue weighted by Gasteiger charge is 2.21. The largest absolute Gasteiger partial charge is 0.494 e. The molecule has 0 heterocycles. The van der Waals surface area contributed by atoms with Gasteiger partial charge < -0.3 is 20.1 Å². The van der Waals surface area contributed by atoms with Crippen LogP contribution in [-0.2, 0) is 16.0 Å². The lowest BCUT2D eigenvalue weighted by Crippen LogP contribution is -2.20. The monoisotopic (exact) mass is 374 g/mol. The number of carboxylic acids is 2. The minimum Gasteiger partial charge on any atom is -0.494 e. The normalized spacial score (nSPS) is 11.0. The zero-order valence-electron chi connectivity index (χ0n) is 15.4. The summed E-state index contributed by atoms with van der Waals surface area (Å²) in [6, 6.07) is 17.1. The van der Waals surface area contributed by atoms with Gasteiger partial charge in [0.1, 0.15) is 5.75 Å². The molecule has 0 radical (unpaired) electrons. The number of aryl methyl sites for hydroxylation is 1. The first-order valence-corrected chi connectivity index (χ1v) is 8.71. The molecule has 2 aromatic carbocycles. The van der Waals surface area contributed by atoms with Crippen LogP contribution >= 0.6 is 0 Å². The van der Waals surface area contributed by atoms with Crippen LogP contribution in [0.25, 0.3) is 0 Å². The summed E-state index contributed by atoms with van der Waals surface area (Å²) in [6.07, 6.45) is 0.310. The van der Waals surface area contributed by atoms with Gasteiger partial charge in [0.2, 0.25) is 0 Å². The first kappa shape index (κ1) is 22.2. The van der Waals surface area contributed by atoms with E-state index in [9.17, 15) is 9.59 Å². The molecule has 0 bridgehead atoms. The van der Waals surface area contributed by atoms with Gasteiger partial charge in [-0.3, -0.25) is 9.59 Å². The van der Waals surface area contributed by atoms with Gasteiger partial charge in [-0.15, -0.1) is 0 Å². The lowest BCUT2D eigenvalue weighted by molar-refractivity contribution is -0.148. The van der Waals surface area contributed by atoms with Crippen molar-refractivity contribution in [1.82, 2.24) is 0 Å². The van der Waals surface area contributed by atoms with Gasteiger partial charge in [-0.2, -0.15) is 0 Å². The van der Waals surface area contributed by atoms with Crippen LogP contribution in [0.5, 0.6) is 5.75 Å². The van der Waals surface area contributed by atoms with Crippen LogP contribution in [0.4, 0.5) is 0 Å². The highest BCUT2D eigenvalue weighted by Crippen LogP contribution is 2.17. The van der Waals surface area contributed by atoms with Crippen LogP contribution < -0.4 is 4.74 Å². The second-order valence-electron chi connectivity index (χ2n) is 6.06. The van der Waals surface area contributed by atoms with Gasteiger partial charge in [0.25, 0.3) is 0 Å². The Bertz CT molecular complexity index is 682. The van der Waals surface area contributed by atoms with E-state index in [1.807, 2.05) is 18.2 Å². The summed E-state index contributed by atoms with van der Waals surface area (Å²) in [6.45, 7) is 2.56. The molecule has 0 aliphatic heterocycles. The molecule has 0 saturated heterocycles. The molecule has 0 aromatic heterocycles. The highest BCUT2D eigenvalue weighted by molar-refractivity contribution is 5.78. The predicted molar refractivity (Wildman–Crippen MR) is 102 cm³/mol. The molecule has 6 heteroatoms. The van der Waals surface area contributed by atoms with E-state index < -0.39 is 24.3 Å². The summed E-state index contributed by atoms with van der Waals surface area (Å²) < 4.78 is 5.35. The molecule has 1 atom stereocenters. The number of benzene rings is 2. The number of carboxylic acid groups (broad SMARTS) is 2. The van der Waals surface area contributed by atoms with E-state index in [4.69, 9.17) is 20.1 Å². The summed E-state index contributed by atoms with van der Waals surface area (Å²) >= 11 is 0. The lowest BCUT2D eigenvalue weighted by Gasteiger charge is -2.11. The lowest BCUT2D eigenvalue weighted by atomic mass is 9.96. The van der Waals surface area contributed by atoms with Crippen molar-refractivity contribution in [2.75, 3.05) is 13.2 Å². The quantitative estimate of drug-likeness (QED) is 0.583. The third-order valence-electron chi connectivity index (χ3n) is 3.69. The summed E-state index contributed by atoms with van der Waals surface area (Å²) in [5.41, 5.74) is 2.07. The van der Waals surface area contributed by atoms with Crippen molar-refractivity contribution < 1.29 is 29.6 Å². The van der Waals surface area contributed by atoms with Crippen molar-refractivity contribution in [2.24, 2.45) is 5.92 Å². The van der Waals surface area contributed by atoms with Crippen molar-refractivity contribution in [3.8, 4) is 5.75 Å². The van der Waals surface area contributed by atoms with E-state index in [-0.39, 0.29) is 13.0 Å². The van der Waals surface area contributed by atoms with Crippen molar-refractivity contribution in [2.45, 2.75) is 26.2 Å². The van der Waals surface area contributed by atoms with Crippen LogP contribution in [0, 0.1) is 12.8 Å². The Morgan fingerprint density at radius 1 is 1.00 bits per heavy atom. The van der Waals surface area contributed by atoms with Crippen LogP contribution in [0.1, 0.15) is 24.0 Å². The minimum atomic E-state index is -1.12. The van der Waals surface area contributed by atoms with E-state index in [1.54, 1.807) is 24.3 Å². The fraction of sp³-hybridized carbons (Fsp3) is 0.333. The van der Waals surface area contributed by atoms with Crippen molar-refractivity contribution in [3.05, 3.63) is 65.7 Å². The zero-order chi connectivity index (χ0) is 20.1. The van der Waals surface area contributed by atoms with E-state index in [1.165, 1.54) is 5.56 Å². The molecule has 2 aromatic rings. The average Bonchev–Trinajstić information content (AvgIpc) is 2.63. The molecule has 2 rings (SSSR count). The number of aliphatic hydroxyl groups excluding tert-OH is 1. The second-order valence-corrected chi connectivity index (χ2v) is 6.06. The Balaban J connectivity index is 0.000000433. The van der Waals surface area contributed by atoms with Gasteiger partial charge in [0.05, 0.1) is 18.9 Å². The predicted octanol–water partition coefficient (Wildman–Crippen LogP) is 3.16. The maximum Gasteiger partial charge on any atom is 0.307 e. The molecule has 0 unspecified atom stereocenters. The molecule has 27 heavy (non-hydrogen) atoms. The molecule has 0 amide bonds. The number of hydrogen-bond donors (Lipinski definition) is 3. The highest BCUT2D eigenvalue weighted by atomic mass is 16.5. The van der Waals surface area contributed by atoms with Crippen molar-refractivity contribution in [3.63, 3.8) is 0 Å². The number of hydrogen-bond acceptors (Lipinski definition) is 4. The van der Waals surface area contributed by atoms with Gasteiger partial charge >= 0.3 is 11.9 Å². The molecular weight excluding hydrogens is 348 g/mol. The standard InChI is InChI=1S/C14H18O6.C7H8/c15-6-1-7-20-12-4-2-10(3-5-12)8-11(14(18)19)9-13(16)17;1-7-5-3-2-4-6-7/h2-5,11,15H,1,6-9H2,(H,16,17)(H,18,19);2-6H,1H3/t11-;/m0./s1. The molecule has 0 saturated carbocycles. The molecule has 0 fully saturated rings.